The van der Waals surface area contributed by atoms with Crippen LogP contribution in [0.4, 0.5) is 15.3 Å². The number of nitriles is 1. The van der Waals surface area contributed by atoms with Crippen molar-refractivity contribution in [1.29, 1.82) is 5.26 Å². The van der Waals surface area contributed by atoms with Gasteiger partial charge in [-0.3, -0.25) is 4.79 Å². The topological polar surface area (TPSA) is 124 Å². The van der Waals surface area contributed by atoms with E-state index in [-0.39, 0.29) is 18.5 Å². The van der Waals surface area contributed by atoms with Crippen molar-refractivity contribution < 1.29 is 19.1 Å². The van der Waals surface area contributed by atoms with E-state index >= 15 is 0 Å². The van der Waals surface area contributed by atoms with E-state index in [4.69, 9.17) is 10.00 Å². The molecule has 2 aromatic rings. The highest BCUT2D eigenvalue weighted by Crippen LogP contribution is 2.21. The standard InChI is InChI=1S/C28H35N5O4/c1-28(2,3)37-27(36)33-14-6-9-20(19-33)12-13-30-25(34)23-10-4-8-22(15-23)18-31-26(35)32-24-11-5-7-21(16-24)17-29/h4-5,7-8,10-11,15-16,20H,6,9,12-14,18-19H2,1-3H3,(H,30,34)(H2,31,32,35). The predicted octanol–water partition coefficient (Wildman–Crippen LogP) is 4.65. The second kappa shape index (κ2) is 12.8. The van der Waals surface area contributed by atoms with E-state index in [0.29, 0.717) is 42.4 Å². The normalized spacial score (nSPS) is 15.3. The number of piperidine rings is 1. The number of benzene rings is 2. The minimum absolute atomic E-state index is 0.181. The SMILES string of the molecule is CC(C)(C)OC(=O)N1CCCC(CCNC(=O)c2cccc(CNC(=O)Nc3cccc(C#N)c3)c2)C1. The number of ether oxygens (including phenoxy) is 1. The van der Waals surface area contributed by atoms with Crippen molar-refractivity contribution in [3.8, 4) is 6.07 Å². The van der Waals surface area contributed by atoms with Crippen molar-refractivity contribution in [3.63, 3.8) is 0 Å². The van der Waals surface area contributed by atoms with Gasteiger partial charge in [-0.2, -0.15) is 5.26 Å². The Morgan fingerprint density at radius 1 is 1.11 bits per heavy atom. The fourth-order valence-corrected chi connectivity index (χ4v) is 4.13. The molecule has 196 valence electrons. The van der Waals surface area contributed by atoms with Crippen LogP contribution in [0, 0.1) is 17.2 Å². The third kappa shape index (κ3) is 9.15. The second-order valence-electron chi connectivity index (χ2n) is 10.2. The van der Waals surface area contributed by atoms with Crippen LogP contribution in [-0.4, -0.2) is 48.2 Å². The summed E-state index contributed by atoms with van der Waals surface area (Å²) < 4.78 is 5.49. The summed E-state index contributed by atoms with van der Waals surface area (Å²) in [5, 5.41) is 17.4. The lowest BCUT2D eigenvalue weighted by molar-refractivity contribution is 0.0161. The first-order valence-corrected chi connectivity index (χ1v) is 12.5. The van der Waals surface area contributed by atoms with Gasteiger partial charge in [-0.25, -0.2) is 9.59 Å². The van der Waals surface area contributed by atoms with Gasteiger partial charge >= 0.3 is 12.1 Å². The molecule has 0 aromatic heterocycles. The van der Waals surface area contributed by atoms with Gasteiger partial charge < -0.3 is 25.6 Å². The van der Waals surface area contributed by atoms with Gasteiger partial charge in [0.1, 0.15) is 5.60 Å². The number of rotatable bonds is 7. The summed E-state index contributed by atoms with van der Waals surface area (Å²) in [6.07, 6.45) is 2.43. The van der Waals surface area contributed by atoms with Crippen molar-refractivity contribution in [1.82, 2.24) is 15.5 Å². The van der Waals surface area contributed by atoms with Gasteiger partial charge in [-0.05, 0) is 81.8 Å². The molecule has 0 radical (unpaired) electrons. The molecular formula is C28H35N5O4. The number of amides is 4. The summed E-state index contributed by atoms with van der Waals surface area (Å²) in [6.45, 7) is 7.67. The Hall–Kier alpha value is -4.06. The molecule has 2 aromatic carbocycles. The van der Waals surface area contributed by atoms with E-state index < -0.39 is 11.6 Å². The number of anilines is 1. The molecule has 9 heteroatoms. The number of urea groups is 1. The van der Waals surface area contributed by atoms with Crippen LogP contribution in [0.15, 0.2) is 48.5 Å². The number of nitrogens with one attached hydrogen (secondary N) is 3. The van der Waals surface area contributed by atoms with E-state index in [9.17, 15) is 14.4 Å². The first-order chi connectivity index (χ1) is 17.6. The molecule has 1 aliphatic heterocycles. The fraction of sp³-hybridized carbons (Fsp3) is 0.429. The van der Waals surface area contributed by atoms with Gasteiger partial charge in [0, 0.05) is 37.4 Å². The first-order valence-electron chi connectivity index (χ1n) is 12.5. The highest BCUT2D eigenvalue weighted by molar-refractivity contribution is 5.94. The van der Waals surface area contributed by atoms with Gasteiger partial charge in [0.2, 0.25) is 0 Å². The van der Waals surface area contributed by atoms with Gasteiger partial charge in [0.15, 0.2) is 0 Å². The highest BCUT2D eigenvalue weighted by Gasteiger charge is 2.27. The molecule has 0 aliphatic carbocycles. The molecule has 0 saturated carbocycles. The van der Waals surface area contributed by atoms with Crippen LogP contribution in [0.25, 0.3) is 0 Å². The van der Waals surface area contributed by atoms with Crippen LogP contribution in [-0.2, 0) is 11.3 Å². The Bertz CT molecular complexity index is 1150. The van der Waals surface area contributed by atoms with E-state index in [2.05, 4.69) is 16.0 Å². The molecule has 1 unspecified atom stereocenters. The lowest BCUT2D eigenvalue weighted by atomic mass is 9.95. The summed E-state index contributed by atoms with van der Waals surface area (Å²) in [5.74, 6) is 0.129. The summed E-state index contributed by atoms with van der Waals surface area (Å²) in [5.41, 5.74) is 1.77. The molecule has 1 fully saturated rings. The monoisotopic (exact) mass is 505 g/mol. The Morgan fingerprint density at radius 3 is 2.65 bits per heavy atom. The lowest BCUT2D eigenvalue weighted by Gasteiger charge is -2.34. The third-order valence-electron chi connectivity index (χ3n) is 5.90. The predicted molar refractivity (Wildman–Crippen MR) is 141 cm³/mol. The zero-order valence-corrected chi connectivity index (χ0v) is 21.7. The smallest absolute Gasteiger partial charge is 0.410 e. The molecule has 1 saturated heterocycles. The maximum Gasteiger partial charge on any atom is 0.410 e. The highest BCUT2D eigenvalue weighted by atomic mass is 16.6. The van der Waals surface area contributed by atoms with E-state index in [1.54, 1.807) is 47.4 Å². The molecule has 3 N–H and O–H groups in total. The van der Waals surface area contributed by atoms with Crippen LogP contribution in [0.1, 0.15) is 61.5 Å². The maximum absolute atomic E-state index is 12.7. The number of nitrogens with zero attached hydrogens (tertiary/aromatic N) is 2. The van der Waals surface area contributed by atoms with Gasteiger partial charge in [0.05, 0.1) is 11.6 Å². The van der Waals surface area contributed by atoms with Crippen molar-refractivity contribution >= 4 is 23.7 Å². The summed E-state index contributed by atoms with van der Waals surface area (Å²) in [6, 6.07) is 15.4. The zero-order chi connectivity index (χ0) is 26.8. The largest absolute Gasteiger partial charge is 0.444 e. The number of hydrogen-bond acceptors (Lipinski definition) is 5. The quantitative estimate of drug-likeness (QED) is 0.505. The third-order valence-corrected chi connectivity index (χ3v) is 5.90. The van der Waals surface area contributed by atoms with Gasteiger partial charge in [-0.1, -0.05) is 18.2 Å². The minimum Gasteiger partial charge on any atom is -0.444 e. The number of carbonyl (C=O) groups excluding carboxylic acids is 3. The summed E-state index contributed by atoms with van der Waals surface area (Å²) >= 11 is 0. The summed E-state index contributed by atoms with van der Waals surface area (Å²) in [7, 11) is 0. The fourth-order valence-electron chi connectivity index (χ4n) is 4.13. The van der Waals surface area contributed by atoms with Crippen molar-refractivity contribution in [2.75, 3.05) is 25.0 Å². The molecule has 0 spiro atoms. The molecule has 4 amide bonds. The van der Waals surface area contributed by atoms with Crippen LogP contribution < -0.4 is 16.0 Å². The van der Waals surface area contributed by atoms with Crippen LogP contribution >= 0.6 is 0 Å². The molecule has 0 bridgehead atoms. The first kappa shape index (κ1) is 27.5. The molecule has 9 nitrogen and oxygen atoms in total. The average molecular weight is 506 g/mol. The van der Waals surface area contributed by atoms with E-state index in [1.807, 2.05) is 32.9 Å². The maximum atomic E-state index is 12.7. The summed E-state index contributed by atoms with van der Waals surface area (Å²) in [4.78, 5) is 39.0. The zero-order valence-electron chi connectivity index (χ0n) is 21.7. The van der Waals surface area contributed by atoms with Crippen LogP contribution in [0.5, 0.6) is 0 Å². The van der Waals surface area contributed by atoms with E-state index in [0.717, 1.165) is 24.8 Å². The van der Waals surface area contributed by atoms with Crippen molar-refractivity contribution in [2.45, 2.75) is 52.2 Å². The number of carbonyl (C=O) groups is 3. The average Bonchev–Trinajstić information content (AvgIpc) is 2.87. The molecular weight excluding hydrogens is 470 g/mol. The minimum atomic E-state index is -0.518. The van der Waals surface area contributed by atoms with Crippen molar-refractivity contribution in [3.05, 3.63) is 65.2 Å². The van der Waals surface area contributed by atoms with Gasteiger partial charge in [-0.15, -0.1) is 0 Å². The Kier molecular flexibility index (Phi) is 9.50. The number of hydrogen-bond donors (Lipinski definition) is 3. The molecule has 1 heterocycles. The Balaban J connectivity index is 1.43. The molecule has 37 heavy (non-hydrogen) atoms. The van der Waals surface area contributed by atoms with Gasteiger partial charge in [0.25, 0.3) is 5.91 Å². The molecule has 1 atom stereocenters. The van der Waals surface area contributed by atoms with Crippen molar-refractivity contribution in [2.24, 2.45) is 5.92 Å². The molecule has 3 rings (SSSR count). The Morgan fingerprint density at radius 2 is 1.89 bits per heavy atom. The van der Waals surface area contributed by atoms with Crippen LogP contribution in [0.3, 0.4) is 0 Å². The second-order valence-corrected chi connectivity index (χ2v) is 10.2. The number of likely N-dealkylation sites (tertiary alicyclic amines) is 1. The molecule has 1 aliphatic rings. The Labute approximate surface area is 218 Å². The van der Waals surface area contributed by atoms with Crippen LogP contribution in [0.2, 0.25) is 0 Å². The van der Waals surface area contributed by atoms with E-state index in [1.165, 1.54) is 0 Å². The lowest BCUT2D eigenvalue weighted by Crippen LogP contribution is -2.43.